The van der Waals surface area contributed by atoms with Gasteiger partial charge in [-0.1, -0.05) is 30.3 Å². The third kappa shape index (κ3) is 5.03. The number of ether oxygens (including phenoxy) is 1. The van der Waals surface area contributed by atoms with Crippen molar-refractivity contribution in [1.29, 1.82) is 0 Å². The Bertz CT molecular complexity index is 581. The highest BCUT2D eigenvalue weighted by molar-refractivity contribution is 5.83. The lowest BCUT2D eigenvalue weighted by atomic mass is 10.00. The summed E-state index contributed by atoms with van der Waals surface area (Å²) in [4.78, 5) is 26.4. The molecule has 1 aliphatic carbocycles. The third-order valence-electron chi connectivity index (χ3n) is 4.84. The third-order valence-corrected chi connectivity index (χ3v) is 4.84. The molecule has 6 nitrogen and oxygen atoms in total. The maximum Gasteiger partial charge on any atom is 0.248 e. The number of carbonyl (C=O) groups is 2. The van der Waals surface area contributed by atoms with Crippen LogP contribution in [0.5, 0.6) is 0 Å². The smallest absolute Gasteiger partial charge is 0.248 e. The number of methoxy groups -OCH3 is 1. The van der Waals surface area contributed by atoms with Gasteiger partial charge in [0.1, 0.15) is 12.6 Å². The van der Waals surface area contributed by atoms with Crippen molar-refractivity contribution >= 4 is 11.8 Å². The molecule has 2 N–H and O–H groups in total. The lowest BCUT2D eigenvalue weighted by Crippen LogP contribution is -2.49. The second kappa shape index (κ2) is 8.45. The lowest BCUT2D eigenvalue weighted by molar-refractivity contribution is -0.136. The molecule has 2 aliphatic rings. The van der Waals surface area contributed by atoms with E-state index in [1.54, 1.807) is 0 Å². The molecule has 0 radical (unpaired) electrons. The summed E-state index contributed by atoms with van der Waals surface area (Å²) < 4.78 is 4.92. The van der Waals surface area contributed by atoms with Gasteiger partial charge in [-0.05, 0) is 31.2 Å². The van der Waals surface area contributed by atoms with Gasteiger partial charge in [-0.3, -0.25) is 14.9 Å². The molecule has 3 rings (SSSR count). The monoisotopic (exact) mass is 345 g/mol. The molecule has 1 aromatic rings. The van der Waals surface area contributed by atoms with Gasteiger partial charge in [-0.2, -0.15) is 0 Å². The van der Waals surface area contributed by atoms with Crippen LogP contribution in [0.1, 0.15) is 37.3 Å². The Morgan fingerprint density at radius 3 is 2.40 bits per heavy atom. The van der Waals surface area contributed by atoms with E-state index in [1.165, 1.54) is 7.11 Å². The molecule has 6 heteroatoms. The normalized spacial score (nSPS) is 19.5. The molecule has 1 heterocycles. The Morgan fingerprint density at radius 1 is 1.12 bits per heavy atom. The minimum Gasteiger partial charge on any atom is -0.375 e. The van der Waals surface area contributed by atoms with Crippen molar-refractivity contribution in [2.45, 2.75) is 43.8 Å². The van der Waals surface area contributed by atoms with Crippen LogP contribution in [0.15, 0.2) is 30.3 Å². The first-order valence-electron chi connectivity index (χ1n) is 9.05. The van der Waals surface area contributed by atoms with Gasteiger partial charge in [-0.15, -0.1) is 0 Å². The molecular weight excluding hydrogens is 318 g/mol. The summed E-state index contributed by atoms with van der Waals surface area (Å²) in [5, 5.41) is 6.62. The lowest BCUT2D eigenvalue weighted by Gasteiger charge is -2.34. The Morgan fingerprint density at radius 2 is 1.80 bits per heavy atom. The van der Waals surface area contributed by atoms with Gasteiger partial charge in [-0.25, -0.2) is 0 Å². The van der Waals surface area contributed by atoms with Crippen LogP contribution in [0, 0.1) is 0 Å². The van der Waals surface area contributed by atoms with Crippen molar-refractivity contribution in [1.82, 2.24) is 15.5 Å². The fourth-order valence-electron chi connectivity index (χ4n) is 3.23. The summed E-state index contributed by atoms with van der Waals surface area (Å²) in [5.74, 6) is 0.0821. The molecule has 25 heavy (non-hydrogen) atoms. The van der Waals surface area contributed by atoms with E-state index in [4.69, 9.17) is 4.74 Å². The Kier molecular flexibility index (Phi) is 6.04. The van der Waals surface area contributed by atoms with Crippen molar-refractivity contribution < 1.29 is 14.3 Å². The number of carbonyl (C=O) groups excluding carboxylic acids is 2. The van der Waals surface area contributed by atoms with Crippen LogP contribution in [0.3, 0.4) is 0 Å². The van der Waals surface area contributed by atoms with Gasteiger partial charge < -0.3 is 15.0 Å². The summed E-state index contributed by atoms with van der Waals surface area (Å²) >= 11 is 0. The van der Waals surface area contributed by atoms with Gasteiger partial charge in [0.15, 0.2) is 0 Å². The van der Waals surface area contributed by atoms with Crippen LogP contribution >= 0.6 is 0 Å². The number of piperidine rings is 1. The van der Waals surface area contributed by atoms with Crippen LogP contribution in [-0.2, 0) is 14.3 Å². The van der Waals surface area contributed by atoms with Crippen molar-refractivity contribution in [2.75, 3.05) is 26.8 Å². The van der Waals surface area contributed by atoms with Gasteiger partial charge in [0.2, 0.25) is 11.8 Å². The number of benzene rings is 1. The van der Waals surface area contributed by atoms with Gasteiger partial charge >= 0.3 is 0 Å². The van der Waals surface area contributed by atoms with Crippen LogP contribution in [0.2, 0.25) is 0 Å². The predicted octanol–water partition coefficient (Wildman–Crippen LogP) is 1.23. The van der Waals surface area contributed by atoms with Crippen molar-refractivity contribution in [2.24, 2.45) is 0 Å². The number of amides is 2. The average molecular weight is 345 g/mol. The first-order valence-corrected chi connectivity index (χ1v) is 9.05. The topological polar surface area (TPSA) is 70.7 Å². The quantitative estimate of drug-likeness (QED) is 0.780. The molecule has 0 unspecified atom stereocenters. The minimum atomic E-state index is -0.340. The molecule has 0 aromatic heterocycles. The van der Waals surface area contributed by atoms with Crippen LogP contribution in [0.25, 0.3) is 0 Å². The van der Waals surface area contributed by atoms with Crippen molar-refractivity contribution in [3.63, 3.8) is 0 Å². The highest BCUT2D eigenvalue weighted by Crippen LogP contribution is 2.22. The Hall–Kier alpha value is -1.92. The standard InChI is InChI=1S/C19H27N3O3/c1-25-13-17(23)22-11-9-16(10-12-22)20-18(14-5-3-2-4-6-14)19(24)21-15-7-8-15/h2-6,15-16,18,20H,7-13H2,1H3,(H,21,24)/t18-/m1/s1. The van der Waals surface area contributed by atoms with E-state index >= 15 is 0 Å². The molecule has 2 fully saturated rings. The van der Waals surface area contributed by atoms with E-state index in [9.17, 15) is 9.59 Å². The number of nitrogens with zero attached hydrogens (tertiary/aromatic N) is 1. The van der Waals surface area contributed by atoms with E-state index in [0.717, 1.165) is 31.2 Å². The fraction of sp³-hybridized carbons (Fsp3) is 0.579. The summed E-state index contributed by atoms with van der Waals surface area (Å²) in [6.45, 7) is 1.53. The molecule has 1 saturated carbocycles. The fourth-order valence-corrected chi connectivity index (χ4v) is 3.23. The van der Waals surface area contributed by atoms with E-state index in [2.05, 4.69) is 10.6 Å². The molecule has 136 valence electrons. The van der Waals surface area contributed by atoms with Crippen molar-refractivity contribution in [3.05, 3.63) is 35.9 Å². The molecule has 2 amide bonds. The second-order valence-corrected chi connectivity index (χ2v) is 6.88. The van der Waals surface area contributed by atoms with Gasteiger partial charge in [0, 0.05) is 32.3 Å². The summed E-state index contributed by atoms with van der Waals surface area (Å²) in [5.41, 5.74) is 0.985. The zero-order valence-electron chi connectivity index (χ0n) is 14.7. The van der Waals surface area contributed by atoms with Gasteiger partial charge in [0.25, 0.3) is 0 Å². The highest BCUT2D eigenvalue weighted by atomic mass is 16.5. The number of hydrogen-bond donors (Lipinski definition) is 2. The number of rotatable bonds is 7. The zero-order chi connectivity index (χ0) is 17.6. The summed E-state index contributed by atoms with van der Waals surface area (Å²) in [7, 11) is 1.54. The maximum absolute atomic E-state index is 12.7. The molecular formula is C19H27N3O3. The summed E-state index contributed by atoms with van der Waals surface area (Å²) in [6.07, 6.45) is 3.84. The minimum absolute atomic E-state index is 0.0343. The molecule has 1 aromatic carbocycles. The van der Waals surface area contributed by atoms with E-state index < -0.39 is 0 Å². The van der Waals surface area contributed by atoms with E-state index in [-0.39, 0.29) is 30.5 Å². The van der Waals surface area contributed by atoms with Crippen LogP contribution in [-0.4, -0.2) is 55.6 Å². The number of nitrogens with one attached hydrogen (secondary N) is 2. The Labute approximate surface area is 148 Å². The zero-order valence-corrected chi connectivity index (χ0v) is 14.7. The SMILES string of the molecule is COCC(=O)N1CCC(N[C@@H](C(=O)NC2CC2)c2ccccc2)CC1. The van der Waals surface area contributed by atoms with E-state index in [0.29, 0.717) is 19.1 Å². The van der Waals surface area contributed by atoms with Crippen LogP contribution in [0.4, 0.5) is 0 Å². The molecule has 0 spiro atoms. The maximum atomic E-state index is 12.7. The number of likely N-dealkylation sites (tertiary alicyclic amines) is 1. The van der Waals surface area contributed by atoms with E-state index in [1.807, 2.05) is 35.2 Å². The van der Waals surface area contributed by atoms with Crippen molar-refractivity contribution in [3.8, 4) is 0 Å². The summed E-state index contributed by atoms with van der Waals surface area (Å²) in [6, 6.07) is 10.1. The molecule has 0 bridgehead atoms. The van der Waals surface area contributed by atoms with Crippen LogP contribution < -0.4 is 10.6 Å². The number of hydrogen-bond acceptors (Lipinski definition) is 4. The Balaban J connectivity index is 1.59. The largest absolute Gasteiger partial charge is 0.375 e. The average Bonchev–Trinajstić information content (AvgIpc) is 3.45. The molecule has 1 aliphatic heterocycles. The molecule has 1 atom stereocenters. The molecule has 1 saturated heterocycles. The first kappa shape index (κ1) is 17.9. The predicted molar refractivity (Wildman–Crippen MR) is 95.0 cm³/mol. The first-order chi connectivity index (χ1) is 12.2. The highest BCUT2D eigenvalue weighted by Gasteiger charge is 2.31. The van der Waals surface area contributed by atoms with Gasteiger partial charge in [0.05, 0.1) is 0 Å². The second-order valence-electron chi connectivity index (χ2n) is 6.88.